The van der Waals surface area contributed by atoms with Crippen LogP contribution in [0.3, 0.4) is 0 Å². The number of aromatic nitrogens is 1. The molecule has 1 aromatic heterocycles. The number of rotatable bonds is 3. The number of hydrogen-bond acceptors (Lipinski definition) is 3. The molecular formula is C13H13NO2S. The Kier molecular flexibility index (Phi) is 3.24. The van der Waals surface area contributed by atoms with Gasteiger partial charge in [-0.15, -0.1) is 11.3 Å². The highest BCUT2D eigenvalue weighted by atomic mass is 32.1. The molecule has 0 saturated carbocycles. The molecular weight excluding hydrogens is 234 g/mol. The van der Waals surface area contributed by atoms with Crippen molar-refractivity contribution in [2.24, 2.45) is 0 Å². The molecule has 1 N–H and O–H groups in total. The van der Waals surface area contributed by atoms with Gasteiger partial charge in [0.1, 0.15) is 0 Å². The van der Waals surface area contributed by atoms with Crippen molar-refractivity contribution >= 4 is 17.3 Å². The Morgan fingerprint density at radius 2 is 1.94 bits per heavy atom. The number of aryl methyl sites for hydroxylation is 2. The minimum absolute atomic E-state index is 0.325. The highest BCUT2D eigenvalue weighted by Crippen LogP contribution is 2.21. The van der Waals surface area contributed by atoms with Crippen molar-refractivity contribution in [1.82, 2.24) is 4.98 Å². The molecule has 0 radical (unpaired) electrons. The van der Waals surface area contributed by atoms with Gasteiger partial charge in [0.2, 0.25) is 0 Å². The number of thiazole rings is 1. The van der Waals surface area contributed by atoms with E-state index in [-0.39, 0.29) is 0 Å². The van der Waals surface area contributed by atoms with Crippen molar-refractivity contribution in [2.75, 3.05) is 0 Å². The summed E-state index contributed by atoms with van der Waals surface area (Å²) in [5.41, 5.74) is 2.50. The minimum Gasteiger partial charge on any atom is -0.478 e. The summed E-state index contributed by atoms with van der Waals surface area (Å²) in [7, 11) is 0. The summed E-state index contributed by atoms with van der Waals surface area (Å²) in [5.74, 6) is -0.888. The van der Waals surface area contributed by atoms with Gasteiger partial charge in [-0.05, 0) is 31.5 Å². The van der Waals surface area contributed by atoms with Crippen LogP contribution in [-0.4, -0.2) is 16.1 Å². The summed E-state index contributed by atoms with van der Waals surface area (Å²) in [6.07, 6.45) is 0.817. The third-order valence-corrected chi connectivity index (χ3v) is 3.64. The monoisotopic (exact) mass is 247 g/mol. The molecule has 0 spiro atoms. The molecule has 2 aromatic rings. The largest absolute Gasteiger partial charge is 0.478 e. The van der Waals surface area contributed by atoms with Crippen LogP contribution in [0.4, 0.5) is 0 Å². The van der Waals surface area contributed by atoms with E-state index in [0.29, 0.717) is 5.56 Å². The number of carboxylic acids is 1. The molecule has 17 heavy (non-hydrogen) atoms. The number of aromatic carboxylic acids is 1. The van der Waals surface area contributed by atoms with Crippen LogP contribution < -0.4 is 0 Å². The molecule has 0 aliphatic rings. The predicted molar refractivity (Wildman–Crippen MR) is 67.8 cm³/mol. The smallest absolute Gasteiger partial charge is 0.335 e. The zero-order valence-corrected chi connectivity index (χ0v) is 10.5. The lowest BCUT2D eigenvalue weighted by atomic mass is 10.1. The second-order valence-electron chi connectivity index (χ2n) is 3.92. The molecule has 0 aliphatic heterocycles. The minimum atomic E-state index is -0.888. The van der Waals surface area contributed by atoms with Gasteiger partial charge in [0.15, 0.2) is 0 Å². The van der Waals surface area contributed by atoms with Gasteiger partial charge >= 0.3 is 5.97 Å². The van der Waals surface area contributed by atoms with Crippen molar-refractivity contribution in [3.63, 3.8) is 0 Å². The van der Waals surface area contributed by atoms with Crippen molar-refractivity contribution in [1.29, 1.82) is 0 Å². The Labute approximate surface area is 104 Å². The highest BCUT2D eigenvalue weighted by molar-refractivity contribution is 7.11. The lowest BCUT2D eigenvalue weighted by Crippen LogP contribution is -1.96. The summed E-state index contributed by atoms with van der Waals surface area (Å²) in [5, 5.41) is 9.87. The molecule has 4 heteroatoms. The Bertz CT molecular complexity index is 543. The Morgan fingerprint density at radius 3 is 2.41 bits per heavy atom. The van der Waals surface area contributed by atoms with Crippen molar-refractivity contribution in [3.05, 3.63) is 51.0 Å². The van der Waals surface area contributed by atoms with E-state index in [4.69, 9.17) is 5.11 Å². The maximum atomic E-state index is 10.7. The highest BCUT2D eigenvalue weighted by Gasteiger charge is 2.07. The molecule has 0 saturated heterocycles. The normalized spacial score (nSPS) is 10.5. The van der Waals surface area contributed by atoms with Gasteiger partial charge < -0.3 is 5.11 Å². The van der Waals surface area contributed by atoms with Crippen LogP contribution in [-0.2, 0) is 6.42 Å². The number of hydrogen-bond donors (Lipinski definition) is 1. The van der Waals surface area contributed by atoms with E-state index in [0.717, 1.165) is 22.7 Å². The lowest BCUT2D eigenvalue weighted by Gasteiger charge is -2.00. The molecule has 0 aliphatic carbocycles. The zero-order chi connectivity index (χ0) is 12.4. The number of nitrogens with zero attached hydrogens (tertiary/aromatic N) is 1. The number of benzene rings is 1. The SMILES string of the molecule is Cc1nc(C)c(Cc2ccc(C(=O)O)cc2)s1. The van der Waals surface area contributed by atoms with Gasteiger partial charge in [-0.2, -0.15) is 0 Å². The molecule has 88 valence electrons. The zero-order valence-electron chi connectivity index (χ0n) is 9.73. The molecule has 0 fully saturated rings. The third kappa shape index (κ3) is 2.71. The Morgan fingerprint density at radius 1 is 1.29 bits per heavy atom. The maximum absolute atomic E-state index is 10.7. The van der Waals surface area contributed by atoms with Gasteiger partial charge in [-0.3, -0.25) is 0 Å². The summed E-state index contributed by atoms with van der Waals surface area (Å²) in [6, 6.07) is 7.00. The first-order valence-electron chi connectivity index (χ1n) is 5.31. The fraction of sp³-hybridized carbons (Fsp3) is 0.231. The second-order valence-corrected chi connectivity index (χ2v) is 5.21. The molecule has 1 aromatic carbocycles. The summed E-state index contributed by atoms with van der Waals surface area (Å²) in [6.45, 7) is 4.00. The van der Waals surface area contributed by atoms with E-state index >= 15 is 0 Å². The van der Waals surface area contributed by atoms with Crippen molar-refractivity contribution in [3.8, 4) is 0 Å². The average molecular weight is 247 g/mol. The van der Waals surface area contributed by atoms with E-state index in [1.165, 1.54) is 4.88 Å². The standard InChI is InChI=1S/C13H13NO2S/c1-8-12(17-9(2)14-8)7-10-3-5-11(6-4-10)13(15)16/h3-6H,7H2,1-2H3,(H,15,16). The quantitative estimate of drug-likeness (QED) is 0.906. The van der Waals surface area contributed by atoms with Crippen LogP contribution in [0.1, 0.15) is 31.5 Å². The fourth-order valence-corrected chi connectivity index (χ4v) is 2.66. The second kappa shape index (κ2) is 4.67. The van der Waals surface area contributed by atoms with Crippen LogP contribution >= 0.6 is 11.3 Å². The van der Waals surface area contributed by atoms with E-state index in [2.05, 4.69) is 4.98 Å². The maximum Gasteiger partial charge on any atom is 0.335 e. The van der Waals surface area contributed by atoms with Crippen LogP contribution in [0.2, 0.25) is 0 Å². The average Bonchev–Trinajstić information content (AvgIpc) is 2.58. The van der Waals surface area contributed by atoms with Gasteiger partial charge in [0, 0.05) is 11.3 Å². The van der Waals surface area contributed by atoms with Crippen LogP contribution in [0.5, 0.6) is 0 Å². The fourth-order valence-electron chi connectivity index (χ4n) is 1.69. The van der Waals surface area contributed by atoms with Crippen LogP contribution in [0.15, 0.2) is 24.3 Å². The Hall–Kier alpha value is -1.68. The molecule has 0 unspecified atom stereocenters. The lowest BCUT2D eigenvalue weighted by molar-refractivity contribution is 0.0697. The van der Waals surface area contributed by atoms with Crippen molar-refractivity contribution < 1.29 is 9.90 Å². The van der Waals surface area contributed by atoms with Crippen LogP contribution in [0.25, 0.3) is 0 Å². The third-order valence-electron chi connectivity index (χ3n) is 2.57. The predicted octanol–water partition coefficient (Wildman–Crippen LogP) is 3.05. The van der Waals surface area contributed by atoms with Gasteiger partial charge in [-0.1, -0.05) is 12.1 Å². The first-order valence-corrected chi connectivity index (χ1v) is 6.13. The van der Waals surface area contributed by atoms with E-state index in [9.17, 15) is 4.79 Å². The van der Waals surface area contributed by atoms with E-state index in [1.807, 2.05) is 26.0 Å². The van der Waals surface area contributed by atoms with Gasteiger partial charge in [0.05, 0.1) is 16.3 Å². The summed E-state index contributed by atoms with van der Waals surface area (Å²) < 4.78 is 0. The van der Waals surface area contributed by atoms with Crippen LogP contribution in [0, 0.1) is 13.8 Å². The van der Waals surface area contributed by atoms with Crippen molar-refractivity contribution in [2.45, 2.75) is 20.3 Å². The van der Waals surface area contributed by atoms with Gasteiger partial charge in [0.25, 0.3) is 0 Å². The molecule has 0 atom stereocenters. The first kappa shape index (κ1) is 11.8. The van der Waals surface area contributed by atoms with E-state index < -0.39 is 5.97 Å². The molecule has 1 heterocycles. The molecule has 3 nitrogen and oxygen atoms in total. The van der Waals surface area contributed by atoms with E-state index in [1.54, 1.807) is 23.5 Å². The Balaban J connectivity index is 2.19. The van der Waals surface area contributed by atoms with Gasteiger partial charge in [-0.25, -0.2) is 9.78 Å². The number of carboxylic acid groups (broad SMARTS) is 1. The topological polar surface area (TPSA) is 50.2 Å². The first-order chi connectivity index (χ1) is 8.06. The summed E-state index contributed by atoms with van der Waals surface area (Å²) >= 11 is 1.69. The molecule has 0 bridgehead atoms. The molecule has 2 rings (SSSR count). The molecule has 0 amide bonds. The number of carbonyl (C=O) groups is 1. The summed E-state index contributed by atoms with van der Waals surface area (Å²) in [4.78, 5) is 16.3.